The van der Waals surface area contributed by atoms with Gasteiger partial charge in [0.25, 0.3) is 0 Å². The summed E-state index contributed by atoms with van der Waals surface area (Å²) in [5, 5.41) is 0. The lowest BCUT2D eigenvalue weighted by atomic mass is 10.0. The first kappa shape index (κ1) is 17.7. The van der Waals surface area contributed by atoms with Crippen molar-refractivity contribution in [2.75, 3.05) is 28.4 Å². The molecule has 0 saturated heterocycles. The zero-order chi connectivity index (χ0) is 17.5. The number of carbonyl (C=O) groups excluding carboxylic acids is 1. The maximum atomic E-state index is 11.7. The van der Waals surface area contributed by atoms with Crippen LogP contribution in [0.5, 0.6) is 17.2 Å². The number of rotatable bonds is 7. The number of esters is 1. The molecule has 2 aromatic carbocycles. The zero-order valence-electron chi connectivity index (χ0n) is 14.4. The van der Waals surface area contributed by atoms with Gasteiger partial charge in [0.15, 0.2) is 0 Å². The molecule has 5 heteroatoms. The Morgan fingerprint density at radius 3 is 1.96 bits per heavy atom. The summed E-state index contributed by atoms with van der Waals surface area (Å²) >= 11 is 0. The smallest absolute Gasteiger partial charge is 0.341 e. The molecule has 0 bridgehead atoms. The van der Waals surface area contributed by atoms with Crippen molar-refractivity contribution < 1.29 is 23.7 Å². The Kier molecular flexibility index (Phi) is 6.07. The molecule has 0 aromatic heterocycles. The van der Waals surface area contributed by atoms with Gasteiger partial charge in [-0.25, -0.2) is 4.79 Å². The summed E-state index contributed by atoms with van der Waals surface area (Å²) < 4.78 is 20.6. The molecule has 0 aliphatic rings. The summed E-state index contributed by atoms with van der Waals surface area (Å²) in [4.78, 5) is 11.7. The van der Waals surface area contributed by atoms with Crippen LogP contribution in [0.4, 0.5) is 0 Å². The number of aryl methyl sites for hydroxylation is 2. The van der Waals surface area contributed by atoms with Crippen LogP contribution < -0.4 is 14.2 Å². The minimum absolute atomic E-state index is 0.407. The van der Waals surface area contributed by atoms with Gasteiger partial charge in [-0.3, -0.25) is 0 Å². The number of benzene rings is 2. The average molecular weight is 330 g/mol. The molecule has 0 aliphatic heterocycles. The summed E-state index contributed by atoms with van der Waals surface area (Å²) in [7, 11) is 6.16. The number of ether oxygens (including phenoxy) is 4. The van der Waals surface area contributed by atoms with Crippen LogP contribution in [0.3, 0.4) is 0 Å². The van der Waals surface area contributed by atoms with Crippen LogP contribution in [-0.4, -0.2) is 34.4 Å². The van der Waals surface area contributed by atoms with Gasteiger partial charge in [-0.15, -0.1) is 0 Å². The quantitative estimate of drug-likeness (QED) is 0.729. The predicted molar refractivity (Wildman–Crippen MR) is 91.3 cm³/mol. The van der Waals surface area contributed by atoms with Crippen molar-refractivity contribution in [2.24, 2.45) is 0 Å². The molecule has 2 rings (SSSR count). The van der Waals surface area contributed by atoms with Gasteiger partial charge < -0.3 is 18.9 Å². The zero-order valence-corrected chi connectivity index (χ0v) is 14.4. The van der Waals surface area contributed by atoms with Crippen molar-refractivity contribution in [3.63, 3.8) is 0 Å². The van der Waals surface area contributed by atoms with E-state index in [2.05, 4.69) is 0 Å². The lowest BCUT2D eigenvalue weighted by molar-refractivity contribution is 0.0597. The fraction of sp³-hybridized carbons (Fsp3) is 0.316. The molecule has 0 N–H and O–H groups in total. The normalized spacial score (nSPS) is 10.2. The summed E-state index contributed by atoms with van der Waals surface area (Å²) in [6.07, 6.45) is 1.61. The minimum Gasteiger partial charge on any atom is -0.497 e. The first-order valence-electron chi connectivity index (χ1n) is 7.58. The van der Waals surface area contributed by atoms with Crippen molar-refractivity contribution >= 4 is 5.97 Å². The Labute approximate surface area is 142 Å². The van der Waals surface area contributed by atoms with Crippen LogP contribution in [0.15, 0.2) is 36.4 Å². The van der Waals surface area contributed by atoms with Gasteiger partial charge >= 0.3 is 5.97 Å². The molecule has 0 unspecified atom stereocenters. The minimum atomic E-state index is -0.407. The topological polar surface area (TPSA) is 54.0 Å². The summed E-state index contributed by atoms with van der Waals surface area (Å²) in [6, 6.07) is 11.3. The number of carbonyl (C=O) groups is 1. The van der Waals surface area contributed by atoms with Crippen molar-refractivity contribution in [1.29, 1.82) is 0 Å². The highest BCUT2D eigenvalue weighted by Crippen LogP contribution is 2.25. The van der Waals surface area contributed by atoms with Gasteiger partial charge in [0.2, 0.25) is 0 Å². The van der Waals surface area contributed by atoms with E-state index in [1.165, 1.54) is 7.11 Å². The molecule has 0 saturated carbocycles. The van der Waals surface area contributed by atoms with Crippen LogP contribution in [-0.2, 0) is 17.6 Å². The van der Waals surface area contributed by atoms with Gasteiger partial charge in [-0.2, -0.15) is 0 Å². The Balaban J connectivity index is 2.16. The van der Waals surface area contributed by atoms with Crippen molar-refractivity contribution in [3.8, 4) is 17.2 Å². The van der Waals surface area contributed by atoms with E-state index in [9.17, 15) is 4.79 Å². The molecule has 0 amide bonds. The fourth-order valence-electron chi connectivity index (χ4n) is 2.47. The van der Waals surface area contributed by atoms with E-state index >= 15 is 0 Å². The molecule has 0 radical (unpaired) electrons. The molecule has 128 valence electrons. The van der Waals surface area contributed by atoms with E-state index in [-0.39, 0.29) is 0 Å². The van der Waals surface area contributed by atoms with E-state index in [1.807, 2.05) is 30.3 Å². The van der Waals surface area contributed by atoms with Crippen molar-refractivity contribution in [3.05, 3.63) is 53.1 Å². The van der Waals surface area contributed by atoms with E-state index in [4.69, 9.17) is 18.9 Å². The molecule has 2 aromatic rings. The first-order chi connectivity index (χ1) is 11.6. The number of hydrogen-bond acceptors (Lipinski definition) is 5. The average Bonchev–Trinajstić information content (AvgIpc) is 2.64. The Morgan fingerprint density at radius 1 is 0.792 bits per heavy atom. The molecule has 24 heavy (non-hydrogen) atoms. The van der Waals surface area contributed by atoms with Crippen LogP contribution in [0, 0.1) is 0 Å². The van der Waals surface area contributed by atoms with Crippen LogP contribution in [0.25, 0.3) is 0 Å². The maximum Gasteiger partial charge on any atom is 0.341 e. The molecule has 0 heterocycles. The van der Waals surface area contributed by atoms with Gasteiger partial charge in [0.1, 0.15) is 22.8 Å². The molecular formula is C19H22O5. The number of hydrogen-bond donors (Lipinski definition) is 0. The highest BCUT2D eigenvalue weighted by atomic mass is 16.5. The molecule has 0 aliphatic carbocycles. The number of methoxy groups -OCH3 is 4. The van der Waals surface area contributed by atoms with Gasteiger partial charge in [0, 0.05) is 6.07 Å². The van der Waals surface area contributed by atoms with E-state index in [0.29, 0.717) is 11.3 Å². The van der Waals surface area contributed by atoms with Gasteiger partial charge in [-0.1, -0.05) is 6.07 Å². The third-order valence-corrected chi connectivity index (χ3v) is 3.78. The first-order valence-corrected chi connectivity index (χ1v) is 7.58. The monoisotopic (exact) mass is 330 g/mol. The SMILES string of the molecule is COC(=O)c1ccc(CCc2cc(OC)cc(OC)c2)cc1OC. The van der Waals surface area contributed by atoms with Crippen LogP contribution >= 0.6 is 0 Å². The fourth-order valence-corrected chi connectivity index (χ4v) is 2.47. The van der Waals surface area contributed by atoms with E-state index < -0.39 is 5.97 Å². The Morgan fingerprint density at radius 2 is 1.42 bits per heavy atom. The van der Waals surface area contributed by atoms with Crippen molar-refractivity contribution in [2.45, 2.75) is 12.8 Å². The second-order valence-corrected chi connectivity index (χ2v) is 5.25. The Bertz CT molecular complexity index is 687. The highest BCUT2D eigenvalue weighted by molar-refractivity contribution is 5.92. The van der Waals surface area contributed by atoms with Gasteiger partial charge in [-0.05, 0) is 48.2 Å². The Hall–Kier alpha value is -2.69. The second kappa shape index (κ2) is 8.24. The molecule has 5 nitrogen and oxygen atoms in total. The largest absolute Gasteiger partial charge is 0.497 e. The maximum absolute atomic E-state index is 11.7. The highest BCUT2D eigenvalue weighted by Gasteiger charge is 2.13. The lowest BCUT2D eigenvalue weighted by Crippen LogP contribution is -2.05. The second-order valence-electron chi connectivity index (χ2n) is 5.25. The van der Waals surface area contributed by atoms with Crippen molar-refractivity contribution in [1.82, 2.24) is 0 Å². The van der Waals surface area contributed by atoms with E-state index in [0.717, 1.165) is 35.5 Å². The standard InChI is InChI=1S/C19H22O5/c1-21-15-9-14(10-16(12-15)22-2)6-5-13-7-8-17(19(20)24-4)18(11-13)23-3/h7-12H,5-6H2,1-4H3. The molecule has 0 fully saturated rings. The van der Waals surface area contributed by atoms with Crippen LogP contribution in [0.1, 0.15) is 21.5 Å². The molecule has 0 spiro atoms. The molecular weight excluding hydrogens is 308 g/mol. The summed E-state index contributed by atoms with van der Waals surface area (Å²) in [5.74, 6) is 1.64. The van der Waals surface area contributed by atoms with Crippen LogP contribution in [0.2, 0.25) is 0 Å². The predicted octanol–water partition coefficient (Wildman–Crippen LogP) is 3.28. The lowest BCUT2D eigenvalue weighted by Gasteiger charge is -2.11. The van der Waals surface area contributed by atoms with Gasteiger partial charge in [0.05, 0.1) is 28.4 Å². The third-order valence-electron chi connectivity index (χ3n) is 3.78. The molecule has 0 atom stereocenters. The third kappa shape index (κ3) is 4.19. The van der Waals surface area contributed by atoms with E-state index in [1.54, 1.807) is 27.4 Å². The summed E-state index contributed by atoms with van der Waals surface area (Å²) in [5.41, 5.74) is 2.61. The summed E-state index contributed by atoms with van der Waals surface area (Å²) in [6.45, 7) is 0.